The number of nitrogens with zero attached hydrogens (tertiary/aromatic N) is 1. The second-order valence-corrected chi connectivity index (χ2v) is 2.82. The van der Waals surface area contributed by atoms with Crippen LogP contribution in [-0.2, 0) is 0 Å². The van der Waals surface area contributed by atoms with Gasteiger partial charge in [0.25, 0.3) is 0 Å². The molecule has 4 heteroatoms. The summed E-state index contributed by atoms with van der Waals surface area (Å²) in [6.45, 7) is 2.77. The van der Waals surface area contributed by atoms with E-state index < -0.39 is 0 Å². The zero-order chi connectivity index (χ0) is 8.27. The van der Waals surface area contributed by atoms with E-state index in [1.807, 2.05) is 6.92 Å². The van der Waals surface area contributed by atoms with Gasteiger partial charge in [0.15, 0.2) is 0 Å². The van der Waals surface area contributed by atoms with Gasteiger partial charge < -0.3 is 5.32 Å². The number of hydrogen-bond acceptors (Lipinski definition) is 2. The van der Waals surface area contributed by atoms with Crippen molar-refractivity contribution in [2.75, 3.05) is 11.9 Å². The highest BCUT2D eigenvalue weighted by Gasteiger charge is 2.02. The van der Waals surface area contributed by atoms with Crippen LogP contribution < -0.4 is 5.32 Å². The highest BCUT2D eigenvalue weighted by Crippen LogP contribution is 2.27. The maximum atomic E-state index is 5.80. The third kappa shape index (κ3) is 1.98. The van der Waals surface area contributed by atoms with E-state index in [1.54, 1.807) is 12.4 Å². The van der Waals surface area contributed by atoms with Gasteiger partial charge in [-0.15, -0.1) is 0 Å². The molecule has 60 valence electrons. The molecule has 0 aliphatic rings. The lowest BCUT2D eigenvalue weighted by molar-refractivity contribution is 1.20. The number of anilines is 1. The standard InChI is InChI=1S/C7H8Cl2N2/c1-2-11-7-5(8)3-10-4-6(7)9/h3-4H,2H2,1H3,(H,10,11). The van der Waals surface area contributed by atoms with Gasteiger partial charge in [-0.2, -0.15) is 0 Å². The first-order valence-electron chi connectivity index (χ1n) is 3.28. The molecular formula is C7H8Cl2N2. The van der Waals surface area contributed by atoms with Crippen LogP contribution in [-0.4, -0.2) is 11.5 Å². The van der Waals surface area contributed by atoms with E-state index >= 15 is 0 Å². The summed E-state index contributed by atoms with van der Waals surface area (Å²) in [6.07, 6.45) is 3.12. The lowest BCUT2D eigenvalue weighted by Crippen LogP contribution is -1.98. The molecule has 0 fully saturated rings. The minimum absolute atomic E-state index is 0.555. The smallest absolute Gasteiger partial charge is 0.0835 e. The van der Waals surface area contributed by atoms with Gasteiger partial charge in [-0.05, 0) is 6.92 Å². The van der Waals surface area contributed by atoms with E-state index in [1.165, 1.54) is 0 Å². The topological polar surface area (TPSA) is 24.9 Å². The first-order valence-corrected chi connectivity index (χ1v) is 4.04. The third-order valence-corrected chi connectivity index (χ3v) is 1.78. The molecule has 0 saturated carbocycles. The van der Waals surface area contributed by atoms with Crippen LogP contribution in [0.25, 0.3) is 0 Å². The normalized spacial score (nSPS) is 9.73. The van der Waals surface area contributed by atoms with Crippen LogP contribution in [0.3, 0.4) is 0 Å². The van der Waals surface area contributed by atoms with Crippen molar-refractivity contribution in [3.8, 4) is 0 Å². The van der Waals surface area contributed by atoms with Gasteiger partial charge in [-0.1, -0.05) is 23.2 Å². The Morgan fingerprint density at radius 1 is 1.36 bits per heavy atom. The fourth-order valence-electron chi connectivity index (χ4n) is 0.757. The Hall–Kier alpha value is -0.470. The number of rotatable bonds is 2. The van der Waals surface area contributed by atoms with Crippen molar-refractivity contribution >= 4 is 28.9 Å². The summed E-state index contributed by atoms with van der Waals surface area (Å²) < 4.78 is 0. The quantitative estimate of drug-likeness (QED) is 0.777. The van der Waals surface area contributed by atoms with Crippen molar-refractivity contribution in [1.82, 2.24) is 4.98 Å². The first-order chi connectivity index (χ1) is 5.25. The minimum Gasteiger partial charge on any atom is -0.383 e. The molecule has 0 aliphatic heterocycles. The molecule has 0 radical (unpaired) electrons. The zero-order valence-electron chi connectivity index (χ0n) is 6.06. The SMILES string of the molecule is CCNc1c(Cl)cncc1Cl. The molecule has 1 N–H and O–H groups in total. The molecule has 2 nitrogen and oxygen atoms in total. The summed E-state index contributed by atoms with van der Waals surface area (Å²) in [6, 6.07) is 0. The summed E-state index contributed by atoms with van der Waals surface area (Å²) in [5, 5.41) is 4.15. The molecule has 1 heterocycles. The summed E-state index contributed by atoms with van der Waals surface area (Å²) in [4.78, 5) is 3.82. The van der Waals surface area contributed by atoms with Gasteiger partial charge in [-0.25, -0.2) is 0 Å². The number of halogens is 2. The third-order valence-electron chi connectivity index (χ3n) is 1.21. The van der Waals surface area contributed by atoms with Crippen LogP contribution in [0.4, 0.5) is 5.69 Å². The Bertz CT molecular complexity index is 230. The van der Waals surface area contributed by atoms with Crippen LogP contribution in [0.1, 0.15) is 6.92 Å². The van der Waals surface area contributed by atoms with Crippen LogP contribution in [0.5, 0.6) is 0 Å². The lowest BCUT2D eigenvalue weighted by Gasteiger charge is -2.05. The molecule has 1 rings (SSSR count). The maximum absolute atomic E-state index is 5.80. The molecule has 0 saturated heterocycles. The van der Waals surface area contributed by atoms with Crippen LogP contribution >= 0.6 is 23.2 Å². The van der Waals surface area contributed by atoms with Crippen molar-refractivity contribution < 1.29 is 0 Å². The monoisotopic (exact) mass is 190 g/mol. The maximum Gasteiger partial charge on any atom is 0.0835 e. The fourth-order valence-corrected chi connectivity index (χ4v) is 1.26. The van der Waals surface area contributed by atoms with Crippen LogP contribution in [0.15, 0.2) is 12.4 Å². The average molecular weight is 191 g/mol. The van der Waals surface area contributed by atoms with Crippen molar-refractivity contribution in [3.63, 3.8) is 0 Å². The van der Waals surface area contributed by atoms with E-state index in [9.17, 15) is 0 Å². The highest BCUT2D eigenvalue weighted by molar-refractivity contribution is 6.38. The van der Waals surface area contributed by atoms with Gasteiger partial charge in [0.1, 0.15) is 0 Å². The van der Waals surface area contributed by atoms with Gasteiger partial charge in [0.2, 0.25) is 0 Å². The molecule has 0 aliphatic carbocycles. The zero-order valence-corrected chi connectivity index (χ0v) is 7.58. The summed E-state index contributed by atoms with van der Waals surface area (Å²) in [7, 11) is 0. The second-order valence-electron chi connectivity index (χ2n) is 2.01. The predicted molar refractivity (Wildman–Crippen MR) is 48.4 cm³/mol. The summed E-state index contributed by atoms with van der Waals surface area (Å²) in [5.41, 5.74) is 0.755. The van der Waals surface area contributed by atoms with E-state index in [2.05, 4.69) is 10.3 Å². The van der Waals surface area contributed by atoms with E-state index in [-0.39, 0.29) is 0 Å². The Kier molecular flexibility index (Phi) is 2.97. The minimum atomic E-state index is 0.555. The van der Waals surface area contributed by atoms with Gasteiger partial charge in [0, 0.05) is 18.9 Å². The predicted octanol–water partition coefficient (Wildman–Crippen LogP) is 2.82. The van der Waals surface area contributed by atoms with Gasteiger partial charge in [-0.3, -0.25) is 4.98 Å². The second kappa shape index (κ2) is 3.79. The van der Waals surface area contributed by atoms with Crippen LogP contribution in [0, 0.1) is 0 Å². The highest BCUT2D eigenvalue weighted by atomic mass is 35.5. The van der Waals surface area contributed by atoms with E-state index in [0.717, 1.165) is 12.2 Å². The van der Waals surface area contributed by atoms with Crippen molar-refractivity contribution in [3.05, 3.63) is 22.4 Å². The number of pyridine rings is 1. The number of hydrogen-bond donors (Lipinski definition) is 1. The molecule has 0 unspecified atom stereocenters. The molecule has 11 heavy (non-hydrogen) atoms. The molecule has 1 aromatic heterocycles. The Morgan fingerprint density at radius 3 is 2.36 bits per heavy atom. The molecule has 0 amide bonds. The Labute approximate surface area is 75.5 Å². The molecule has 1 aromatic rings. The largest absolute Gasteiger partial charge is 0.383 e. The van der Waals surface area contributed by atoms with Crippen molar-refractivity contribution in [2.45, 2.75) is 6.92 Å². The van der Waals surface area contributed by atoms with E-state index in [0.29, 0.717) is 10.0 Å². The fraction of sp³-hybridized carbons (Fsp3) is 0.286. The Balaban J connectivity index is 3.00. The lowest BCUT2D eigenvalue weighted by atomic mass is 10.4. The van der Waals surface area contributed by atoms with E-state index in [4.69, 9.17) is 23.2 Å². The molecule has 0 bridgehead atoms. The summed E-state index contributed by atoms with van der Waals surface area (Å²) in [5.74, 6) is 0. The summed E-state index contributed by atoms with van der Waals surface area (Å²) >= 11 is 11.6. The van der Waals surface area contributed by atoms with Crippen LogP contribution in [0.2, 0.25) is 10.0 Å². The number of aromatic nitrogens is 1. The number of nitrogens with one attached hydrogen (secondary N) is 1. The molecular weight excluding hydrogens is 183 g/mol. The van der Waals surface area contributed by atoms with Gasteiger partial charge >= 0.3 is 0 Å². The molecule has 0 spiro atoms. The van der Waals surface area contributed by atoms with Crippen molar-refractivity contribution in [1.29, 1.82) is 0 Å². The van der Waals surface area contributed by atoms with Gasteiger partial charge in [0.05, 0.1) is 15.7 Å². The molecule has 0 atom stereocenters. The first kappa shape index (κ1) is 8.62. The van der Waals surface area contributed by atoms with Crippen molar-refractivity contribution in [2.24, 2.45) is 0 Å². The Morgan fingerprint density at radius 2 is 1.91 bits per heavy atom. The average Bonchev–Trinajstić information content (AvgIpc) is 1.97. The molecule has 0 aromatic carbocycles.